The van der Waals surface area contributed by atoms with Gasteiger partial charge in [0.1, 0.15) is 0 Å². The highest BCUT2D eigenvalue weighted by atomic mass is 35.5. The van der Waals surface area contributed by atoms with Gasteiger partial charge in [-0.25, -0.2) is 0 Å². The second-order valence-electron chi connectivity index (χ2n) is 3.92. The first kappa shape index (κ1) is 13.0. The van der Waals surface area contributed by atoms with Crippen molar-refractivity contribution in [3.63, 3.8) is 0 Å². The number of fused-ring (bicyclic) bond motifs is 1. The molecule has 5 heteroatoms. The molecule has 1 atom stereocenters. The Morgan fingerprint density at radius 3 is 3.00 bits per heavy atom. The average Bonchev–Trinajstić information content (AvgIpc) is 2.83. The lowest BCUT2D eigenvalue weighted by Gasteiger charge is -2.10. The molecule has 0 radical (unpaired) electrons. The molecule has 1 unspecified atom stereocenters. The smallest absolute Gasteiger partial charge is 0.305 e. The molecule has 1 aromatic carbocycles. The van der Waals surface area contributed by atoms with E-state index in [9.17, 15) is 4.79 Å². The van der Waals surface area contributed by atoms with Gasteiger partial charge in [0, 0.05) is 6.42 Å². The number of benzene rings is 1. The topological polar surface area (TPSA) is 44.8 Å². The lowest BCUT2D eigenvalue weighted by molar-refractivity contribution is -0.143. The minimum atomic E-state index is -0.232. The van der Waals surface area contributed by atoms with Gasteiger partial charge in [-0.1, -0.05) is 6.07 Å². The predicted octanol–water partition coefficient (Wildman–Crippen LogP) is 3.04. The van der Waals surface area contributed by atoms with Crippen LogP contribution in [0.1, 0.15) is 30.7 Å². The summed E-state index contributed by atoms with van der Waals surface area (Å²) in [6.45, 7) is 2.43. The first-order valence-electron chi connectivity index (χ1n) is 5.90. The Bertz CT molecular complexity index is 433. The van der Waals surface area contributed by atoms with Crippen molar-refractivity contribution >= 4 is 17.6 Å². The molecule has 4 nitrogen and oxygen atoms in total. The highest BCUT2D eigenvalue weighted by Crippen LogP contribution is 2.36. The molecule has 0 saturated heterocycles. The Balaban J connectivity index is 1.92. The molecule has 0 spiro atoms. The van der Waals surface area contributed by atoms with Crippen molar-refractivity contribution in [2.75, 3.05) is 13.4 Å². The van der Waals surface area contributed by atoms with E-state index in [2.05, 4.69) is 0 Å². The molecule has 0 saturated carbocycles. The summed E-state index contributed by atoms with van der Waals surface area (Å²) in [5, 5.41) is -0.232. The minimum Gasteiger partial charge on any atom is -0.466 e. The zero-order valence-corrected chi connectivity index (χ0v) is 10.9. The Kier molecular flexibility index (Phi) is 4.31. The van der Waals surface area contributed by atoms with Crippen LogP contribution in [0.3, 0.4) is 0 Å². The van der Waals surface area contributed by atoms with Crippen LogP contribution in [0.15, 0.2) is 18.2 Å². The third-order valence-corrected chi connectivity index (χ3v) is 3.14. The molecular weight excluding hydrogens is 256 g/mol. The summed E-state index contributed by atoms with van der Waals surface area (Å²) in [4.78, 5) is 11.2. The van der Waals surface area contributed by atoms with Gasteiger partial charge < -0.3 is 14.2 Å². The van der Waals surface area contributed by atoms with Crippen LogP contribution >= 0.6 is 11.6 Å². The quantitative estimate of drug-likeness (QED) is 0.609. The number of ether oxygens (including phenoxy) is 3. The second kappa shape index (κ2) is 5.96. The third kappa shape index (κ3) is 3.07. The first-order valence-corrected chi connectivity index (χ1v) is 6.33. The Labute approximate surface area is 111 Å². The maximum absolute atomic E-state index is 11.2. The van der Waals surface area contributed by atoms with E-state index in [0.717, 1.165) is 11.3 Å². The van der Waals surface area contributed by atoms with Gasteiger partial charge in [0.2, 0.25) is 6.79 Å². The highest BCUT2D eigenvalue weighted by Gasteiger charge is 2.17. The van der Waals surface area contributed by atoms with Crippen molar-refractivity contribution in [1.82, 2.24) is 0 Å². The van der Waals surface area contributed by atoms with Crippen molar-refractivity contribution < 1.29 is 19.0 Å². The van der Waals surface area contributed by atoms with Crippen LogP contribution in [-0.4, -0.2) is 19.4 Å². The number of carbonyl (C=O) groups excluding carboxylic acids is 1. The molecule has 0 amide bonds. The van der Waals surface area contributed by atoms with Crippen LogP contribution in [0.4, 0.5) is 0 Å². The molecular formula is C13H15ClO4. The fraction of sp³-hybridized carbons (Fsp3) is 0.462. The zero-order chi connectivity index (χ0) is 13.0. The molecule has 98 valence electrons. The van der Waals surface area contributed by atoms with Gasteiger partial charge in [0.25, 0.3) is 0 Å². The molecule has 1 aliphatic heterocycles. The summed E-state index contributed by atoms with van der Waals surface area (Å²) in [7, 11) is 0. The van der Waals surface area contributed by atoms with Crippen molar-refractivity contribution in [2.24, 2.45) is 0 Å². The Hall–Kier alpha value is -1.42. The molecule has 0 bridgehead atoms. The molecule has 18 heavy (non-hydrogen) atoms. The van der Waals surface area contributed by atoms with E-state index in [1.807, 2.05) is 18.2 Å². The van der Waals surface area contributed by atoms with Gasteiger partial charge in [-0.3, -0.25) is 4.79 Å². The summed E-state index contributed by atoms with van der Waals surface area (Å²) in [5.41, 5.74) is 0.921. The molecule has 0 aliphatic carbocycles. The van der Waals surface area contributed by atoms with Crippen LogP contribution in [0.25, 0.3) is 0 Å². The number of carbonyl (C=O) groups is 1. The van der Waals surface area contributed by atoms with Crippen LogP contribution in [0, 0.1) is 0 Å². The maximum atomic E-state index is 11.2. The van der Waals surface area contributed by atoms with Crippen molar-refractivity contribution in [3.05, 3.63) is 23.8 Å². The normalized spacial score (nSPS) is 14.3. The molecule has 1 aliphatic rings. The molecule has 0 N–H and O–H groups in total. The molecule has 2 rings (SSSR count). The number of hydrogen-bond acceptors (Lipinski definition) is 4. The fourth-order valence-corrected chi connectivity index (χ4v) is 2.00. The Morgan fingerprint density at radius 2 is 2.22 bits per heavy atom. The lowest BCUT2D eigenvalue weighted by atomic mass is 10.1. The Morgan fingerprint density at radius 1 is 1.44 bits per heavy atom. The lowest BCUT2D eigenvalue weighted by Crippen LogP contribution is -2.05. The van der Waals surface area contributed by atoms with Crippen molar-refractivity contribution in [3.8, 4) is 11.5 Å². The highest BCUT2D eigenvalue weighted by molar-refractivity contribution is 6.20. The monoisotopic (exact) mass is 270 g/mol. The standard InChI is InChI=1S/C13H15ClO4/c1-2-16-13(15)6-4-10(14)9-3-5-11-12(7-9)18-8-17-11/h3,5,7,10H,2,4,6,8H2,1H3. The van der Waals surface area contributed by atoms with E-state index in [0.29, 0.717) is 25.2 Å². The number of esters is 1. The van der Waals surface area contributed by atoms with Gasteiger partial charge >= 0.3 is 5.97 Å². The van der Waals surface area contributed by atoms with E-state index in [-0.39, 0.29) is 18.1 Å². The second-order valence-corrected chi connectivity index (χ2v) is 4.45. The number of halogens is 1. The van der Waals surface area contributed by atoms with Gasteiger partial charge in [-0.15, -0.1) is 11.6 Å². The van der Waals surface area contributed by atoms with Crippen LogP contribution < -0.4 is 9.47 Å². The largest absolute Gasteiger partial charge is 0.466 e. The molecule has 0 aromatic heterocycles. The summed E-state index contributed by atoms with van der Waals surface area (Å²) < 4.78 is 15.4. The number of hydrogen-bond donors (Lipinski definition) is 0. The number of alkyl halides is 1. The third-order valence-electron chi connectivity index (χ3n) is 2.67. The summed E-state index contributed by atoms with van der Waals surface area (Å²) in [5.74, 6) is 1.21. The van der Waals surface area contributed by atoms with Crippen LogP contribution in [0.5, 0.6) is 11.5 Å². The van der Waals surface area contributed by atoms with Crippen molar-refractivity contribution in [2.45, 2.75) is 25.1 Å². The van der Waals surface area contributed by atoms with Gasteiger partial charge in [0.05, 0.1) is 12.0 Å². The van der Waals surface area contributed by atoms with Crippen molar-refractivity contribution in [1.29, 1.82) is 0 Å². The first-order chi connectivity index (χ1) is 8.70. The zero-order valence-electron chi connectivity index (χ0n) is 10.1. The predicted molar refractivity (Wildman–Crippen MR) is 67.0 cm³/mol. The van der Waals surface area contributed by atoms with Crippen LogP contribution in [-0.2, 0) is 9.53 Å². The van der Waals surface area contributed by atoms with E-state index >= 15 is 0 Å². The fourth-order valence-electron chi connectivity index (χ4n) is 1.75. The summed E-state index contributed by atoms with van der Waals surface area (Å²) in [6.07, 6.45) is 0.858. The van der Waals surface area contributed by atoms with E-state index in [4.69, 9.17) is 25.8 Å². The molecule has 0 fully saturated rings. The summed E-state index contributed by atoms with van der Waals surface area (Å²) in [6, 6.07) is 5.57. The SMILES string of the molecule is CCOC(=O)CCC(Cl)c1ccc2c(c1)OCO2. The van der Waals surface area contributed by atoms with E-state index < -0.39 is 0 Å². The summed E-state index contributed by atoms with van der Waals surface area (Å²) >= 11 is 6.25. The van der Waals surface area contributed by atoms with E-state index in [1.165, 1.54) is 0 Å². The molecule has 1 aromatic rings. The van der Waals surface area contributed by atoms with Gasteiger partial charge in [-0.2, -0.15) is 0 Å². The minimum absolute atomic E-state index is 0.219. The maximum Gasteiger partial charge on any atom is 0.305 e. The van der Waals surface area contributed by atoms with Gasteiger partial charge in [-0.05, 0) is 31.0 Å². The molecule has 1 heterocycles. The van der Waals surface area contributed by atoms with Gasteiger partial charge in [0.15, 0.2) is 11.5 Å². The van der Waals surface area contributed by atoms with Crippen LogP contribution in [0.2, 0.25) is 0 Å². The number of rotatable bonds is 5. The van der Waals surface area contributed by atoms with E-state index in [1.54, 1.807) is 6.92 Å². The average molecular weight is 271 g/mol.